The Morgan fingerprint density at radius 2 is 0.923 bits per heavy atom. The van der Waals surface area contributed by atoms with E-state index in [9.17, 15) is 34.4 Å². The summed E-state index contributed by atoms with van der Waals surface area (Å²) in [6.45, 7) is 1.81. The summed E-state index contributed by atoms with van der Waals surface area (Å²) in [7, 11) is -8.27. The van der Waals surface area contributed by atoms with Crippen LogP contribution in [0, 0.1) is 53.2 Å². The number of aryl methyl sites for hydroxylation is 1. The van der Waals surface area contributed by atoms with E-state index in [-0.39, 0.29) is 61.4 Å². The van der Waals surface area contributed by atoms with Gasteiger partial charge in [0.05, 0.1) is 64.7 Å². The fraction of sp³-hybridized carbons (Fsp3) is 0.225. The Hall–Kier alpha value is -10.2. The summed E-state index contributed by atoms with van der Waals surface area (Å²) in [5.41, 5.74) is 25.1. The van der Waals surface area contributed by atoms with Crippen LogP contribution in [-0.2, 0) is 32.0 Å². The van der Waals surface area contributed by atoms with Crippen LogP contribution in [0.25, 0.3) is 66.5 Å². The maximum absolute atomic E-state index is 15.1. The molecule has 104 heavy (non-hydrogen) atoms. The molecule has 3 aliphatic carbocycles. The van der Waals surface area contributed by atoms with Crippen LogP contribution in [0.2, 0.25) is 10.0 Å². The molecule has 33 heteroatoms. The molecule has 0 bridgehead atoms. The zero-order chi connectivity index (χ0) is 71.8. The second-order valence-corrected chi connectivity index (χ2v) is 29.6. The molecule has 6 aromatic carbocycles. The first kappa shape index (κ1) is 75.0. The lowest BCUT2D eigenvalue weighted by molar-refractivity contribution is 0.434. The second-order valence-electron chi connectivity index (χ2n) is 24.8. The van der Waals surface area contributed by atoms with Gasteiger partial charge in [-0.2, -0.15) is 5.26 Å². The van der Waals surface area contributed by atoms with E-state index in [0.717, 1.165) is 92.4 Å². The van der Waals surface area contributed by atoms with Gasteiger partial charge >= 0.3 is 0 Å². The summed E-state index contributed by atoms with van der Waals surface area (Å²) >= 11 is 12.2. The van der Waals surface area contributed by atoms with Gasteiger partial charge in [-0.15, -0.1) is 0 Å². The first-order valence-electron chi connectivity index (χ1n) is 32.3. The molecule has 3 fully saturated rings. The third kappa shape index (κ3) is 15.0. The molecule has 15 rings (SSSR count). The van der Waals surface area contributed by atoms with Crippen molar-refractivity contribution in [2.75, 3.05) is 31.4 Å². The van der Waals surface area contributed by atoms with E-state index in [1.165, 1.54) is 80.4 Å². The lowest BCUT2D eigenvalue weighted by Crippen LogP contribution is -2.14. The maximum atomic E-state index is 15.1. The number of fused-ring (bicyclic) bond motifs is 3. The molecule has 0 radical (unpaired) electrons. The van der Waals surface area contributed by atoms with E-state index < -0.39 is 71.8 Å². The van der Waals surface area contributed by atoms with Crippen LogP contribution in [0.15, 0.2) is 155 Å². The lowest BCUT2D eigenvalue weighted by atomic mass is 10.1. The van der Waals surface area contributed by atoms with E-state index in [0.29, 0.717) is 83.5 Å². The molecule has 22 nitrogen and oxygen atoms in total. The normalized spacial score (nSPS) is 14.6. The van der Waals surface area contributed by atoms with Gasteiger partial charge < -0.3 is 41.9 Å². The van der Waals surface area contributed by atoms with Crippen molar-refractivity contribution in [1.29, 1.82) is 5.26 Å². The van der Waals surface area contributed by atoms with Crippen molar-refractivity contribution in [3.63, 3.8) is 0 Å². The summed E-state index contributed by atoms with van der Waals surface area (Å²) in [6, 6.07) is 26.4. The van der Waals surface area contributed by atoms with Gasteiger partial charge in [-0.25, -0.2) is 73.1 Å². The molecule has 0 spiro atoms. The molecule has 0 aliphatic heterocycles. The Balaban J connectivity index is 0.000000155. The van der Waals surface area contributed by atoms with E-state index in [4.69, 9.17) is 45.7 Å². The Kier molecular flexibility index (Phi) is 22.6. The molecule has 2 unspecified atom stereocenters. The van der Waals surface area contributed by atoms with Crippen LogP contribution >= 0.6 is 23.2 Å². The van der Waals surface area contributed by atoms with Crippen molar-refractivity contribution in [2.45, 2.75) is 117 Å². The van der Waals surface area contributed by atoms with Gasteiger partial charge in [0, 0.05) is 53.4 Å². The average Bonchev–Trinajstić information content (AvgIpc) is 1.61. The monoisotopic (exact) mass is 1520 g/mol. The van der Waals surface area contributed by atoms with Crippen LogP contribution in [0.5, 0.6) is 0 Å². The zero-order valence-electron chi connectivity index (χ0n) is 55.1. The van der Waals surface area contributed by atoms with Crippen molar-refractivity contribution >= 4 is 123 Å². The van der Waals surface area contributed by atoms with Crippen LogP contribution in [0.4, 0.5) is 60.9 Å². The van der Waals surface area contributed by atoms with Gasteiger partial charge in [-0.3, -0.25) is 14.2 Å². The number of nitrogens with zero attached hydrogens (tertiary/aromatic N) is 10. The summed E-state index contributed by atoms with van der Waals surface area (Å²) < 4.78 is 150. The first-order valence-corrected chi connectivity index (χ1v) is 36.8. The molecular formula is C71H66Cl2F6N16O6S3. The summed E-state index contributed by atoms with van der Waals surface area (Å²) in [6.07, 6.45) is 23.2. The van der Waals surface area contributed by atoms with Crippen molar-refractivity contribution in [1.82, 2.24) is 43.6 Å². The van der Waals surface area contributed by atoms with Crippen LogP contribution < -0.4 is 31.4 Å². The highest BCUT2D eigenvalue weighted by molar-refractivity contribution is 7.92. The third-order valence-electron chi connectivity index (χ3n) is 18.5. The molecule has 540 valence electrons. The molecular weight excluding hydrogens is 1450 g/mol. The number of nitrogens with one attached hydrogen (secondary N) is 3. The minimum absolute atomic E-state index is 0. The number of nitrogen functional groups attached to an aromatic ring is 3. The van der Waals surface area contributed by atoms with Gasteiger partial charge in [0.2, 0.25) is 0 Å². The molecule has 0 saturated heterocycles. The van der Waals surface area contributed by atoms with E-state index >= 15 is 8.78 Å². The molecule has 6 heterocycles. The molecule has 13 N–H and O–H groups in total. The Morgan fingerprint density at radius 1 is 0.510 bits per heavy atom. The van der Waals surface area contributed by atoms with Crippen molar-refractivity contribution in [3.8, 4) is 39.4 Å². The number of hydrogen-bond donors (Lipinski definition) is 6. The highest BCUT2D eigenvalue weighted by Crippen LogP contribution is 2.44. The quantitative estimate of drug-likeness (QED) is 0.0410. The number of nitriles is 1. The number of halogens is 8. The number of rotatable bonds is 15. The van der Waals surface area contributed by atoms with Crippen LogP contribution in [0.1, 0.15) is 106 Å². The standard InChI is InChI=1S/C24H20ClFN6O2S.C24H23ClFN5OS.C23H19F4N5OS.2H2O/c25-18-9-14(11-27)5-8-21(18)35(33,34)31-20-7-6-15(10-19(20)26)17-12-32(16-3-1-2-4-16)24-22(17)23(28)29-13-30-24;1-14-5-4-8-18(25)22(14)33(32)30-20-10-9-15(11-19(20)26)17-12-31(16-6-2-3-7-16)24-21(17)23(27)28-13-29-24;24-15-6-8-18(21(27)20(15)26)34(33)31-17-7-5-12(9-16(17)25)14-10-32(13-3-1-2-4-13)23-19(14)22(28)29-11-30-23;;/h5-10,12-13,16,31H,1-4H2,(H2,28,29,30);4-5,8-13,16,30H,2-3,6-7H2,1H3,(H2,27,28,29);5-11,13,31H,1-4H2,(H2,28,29,30);2*1H2. The lowest BCUT2D eigenvalue weighted by Gasteiger charge is -2.12. The van der Waals surface area contributed by atoms with Gasteiger partial charge in [-0.05, 0) is 140 Å². The second kappa shape index (κ2) is 31.4. The van der Waals surface area contributed by atoms with E-state index in [1.54, 1.807) is 36.4 Å². The largest absolute Gasteiger partial charge is 0.412 e. The Morgan fingerprint density at radius 3 is 1.32 bits per heavy atom. The molecule has 12 aromatic rings. The van der Waals surface area contributed by atoms with E-state index in [2.05, 4.69) is 57.8 Å². The van der Waals surface area contributed by atoms with Gasteiger partial charge in [-0.1, -0.05) is 92.1 Å². The zero-order valence-corrected chi connectivity index (χ0v) is 59.0. The summed E-state index contributed by atoms with van der Waals surface area (Å²) in [5.74, 6) is -5.89. The number of aromatic nitrogens is 9. The van der Waals surface area contributed by atoms with Crippen LogP contribution in [0.3, 0.4) is 0 Å². The maximum Gasteiger partial charge on any atom is 0.263 e. The summed E-state index contributed by atoms with van der Waals surface area (Å²) in [5, 5.41) is 11.2. The minimum Gasteiger partial charge on any atom is -0.412 e. The Labute approximate surface area is 606 Å². The predicted octanol–water partition coefficient (Wildman–Crippen LogP) is 15.1. The Bertz CT molecular complexity index is 5480. The SMILES string of the molecule is Cc1cccc(Cl)c1S(=O)Nc1ccc(-c2cn(C3CCCC3)c3ncnc(N)c23)cc1F.N#Cc1ccc(S(=O)(=O)Nc2ccc(-c3cn(C4CCCC4)c4ncnc(N)c34)cc2F)c(Cl)c1.Nc1ncnc2c1c(-c1ccc(NS(=O)c3ccc(F)c(F)c3F)c(F)c1)cn2C1CCCC1.O.O. The number of benzene rings is 6. The fourth-order valence-corrected chi connectivity index (χ4v) is 17.5. The number of anilines is 6. The van der Waals surface area contributed by atoms with Crippen molar-refractivity contribution in [3.05, 3.63) is 197 Å². The van der Waals surface area contributed by atoms with Crippen LogP contribution in [-0.4, -0.2) is 71.4 Å². The molecule has 3 saturated carbocycles. The molecule has 6 aromatic heterocycles. The highest BCUT2D eigenvalue weighted by Gasteiger charge is 2.29. The number of nitrogens with two attached hydrogens (primary N) is 3. The fourth-order valence-electron chi connectivity index (χ4n) is 13.5. The van der Waals surface area contributed by atoms with Crippen molar-refractivity contribution in [2.24, 2.45) is 0 Å². The minimum atomic E-state index is -4.19. The first-order chi connectivity index (χ1) is 49.1. The van der Waals surface area contributed by atoms with E-state index in [1.807, 2.05) is 37.6 Å². The highest BCUT2D eigenvalue weighted by atomic mass is 35.5. The average molecular weight is 1520 g/mol. The predicted molar refractivity (Wildman–Crippen MR) is 391 cm³/mol. The van der Waals surface area contributed by atoms with Gasteiger partial charge in [0.1, 0.15) is 75.7 Å². The van der Waals surface area contributed by atoms with Gasteiger partial charge in [0.15, 0.2) is 39.4 Å². The number of sulfonamides is 1. The molecule has 2 atom stereocenters. The smallest absolute Gasteiger partial charge is 0.263 e. The molecule has 0 amide bonds. The van der Waals surface area contributed by atoms with Crippen molar-refractivity contribution < 1.29 is 54.1 Å². The number of hydrogen-bond acceptors (Lipinski definition) is 14. The topological polar surface area (TPSA) is 361 Å². The third-order valence-corrected chi connectivity index (χ3v) is 23.2. The molecule has 3 aliphatic rings. The van der Waals surface area contributed by atoms with Gasteiger partial charge in [0.25, 0.3) is 10.0 Å². The summed E-state index contributed by atoms with van der Waals surface area (Å²) in [4.78, 5) is 25.2.